The van der Waals surface area contributed by atoms with Crippen molar-refractivity contribution in [3.05, 3.63) is 70.7 Å². The lowest BCUT2D eigenvalue weighted by atomic mass is 9.97. The summed E-state index contributed by atoms with van der Waals surface area (Å²) in [5.41, 5.74) is 8.23. The molecule has 1 saturated heterocycles. The number of carbonyl (C=O) groups excluding carboxylic acids is 1. The molecule has 2 unspecified atom stereocenters. The number of fused-ring (bicyclic) bond motifs is 1. The number of nitrogens with zero attached hydrogens (tertiary/aromatic N) is 2. The van der Waals surface area contributed by atoms with E-state index in [0.717, 1.165) is 30.6 Å². The van der Waals surface area contributed by atoms with Crippen LogP contribution >= 0.6 is 11.3 Å². The zero-order valence-corrected chi connectivity index (χ0v) is 17.3. The number of carbonyl (C=O) groups is 1. The summed E-state index contributed by atoms with van der Waals surface area (Å²) in [6.07, 6.45) is 4.35. The first-order valence-electron chi connectivity index (χ1n) is 10.2. The monoisotopic (exact) mass is 421 g/mol. The average molecular weight is 422 g/mol. The van der Waals surface area contributed by atoms with Gasteiger partial charge in [-0.2, -0.15) is 0 Å². The van der Waals surface area contributed by atoms with E-state index in [0.29, 0.717) is 28.9 Å². The van der Waals surface area contributed by atoms with Gasteiger partial charge in [-0.05, 0) is 48.6 Å². The first kappa shape index (κ1) is 19.1. The van der Waals surface area contributed by atoms with Crippen LogP contribution in [0.1, 0.15) is 39.7 Å². The second kappa shape index (κ2) is 8.08. The fraction of sp³-hybridized carbons (Fsp3) is 0.304. The third kappa shape index (κ3) is 3.91. The second-order valence-corrected chi connectivity index (χ2v) is 8.71. The quantitative estimate of drug-likeness (QED) is 0.684. The molecule has 2 atom stereocenters. The molecule has 0 spiro atoms. The molecule has 0 aliphatic carbocycles. The van der Waals surface area contributed by atoms with E-state index >= 15 is 0 Å². The van der Waals surface area contributed by atoms with Crippen LogP contribution in [-0.4, -0.2) is 34.9 Å². The summed E-state index contributed by atoms with van der Waals surface area (Å²) >= 11 is 1.26. The number of hydrogen-bond acceptors (Lipinski definition) is 6. The Kier molecular flexibility index (Phi) is 5.14. The summed E-state index contributed by atoms with van der Waals surface area (Å²) in [4.78, 5) is 19.2. The van der Waals surface area contributed by atoms with E-state index in [-0.39, 0.29) is 18.1 Å². The standard InChI is InChI=1S/C23H23N3O3S/c24-17-10-11-26(14-17)22(27)21-13-25-23(30-21)28-18-7-9-20-16(12-18)6-8-19(29-20)15-4-2-1-3-5-15/h1-5,7,9,12-13,17,19H,6,8,10-11,14,24H2. The van der Waals surface area contributed by atoms with Crippen LogP contribution in [-0.2, 0) is 6.42 Å². The fourth-order valence-electron chi connectivity index (χ4n) is 3.96. The Morgan fingerprint density at radius 2 is 2.07 bits per heavy atom. The maximum atomic E-state index is 12.6. The van der Waals surface area contributed by atoms with Crippen molar-refractivity contribution < 1.29 is 14.3 Å². The summed E-state index contributed by atoms with van der Waals surface area (Å²) in [6.45, 7) is 1.30. The fourth-order valence-corrected chi connectivity index (χ4v) is 4.72. The van der Waals surface area contributed by atoms with Crippen LogP contribution in [0, 0.1) is 0 Å². The molecule has 0 saturated carbocycles. The Morgan fingerprint density at radius 1 is 1.20 bits per heavy atom. The number of aryl methyl sites for hydroxylation is 1. The number of ether oxygens (including phenoxy) is 2. The van der Waals surface area contributed by atoms with Crippen molar-refractivity contribution in [3.63, 3.8) is 0 Å². The smallest absolute Gasteiger partial charge is 0.279 e. The van der Waals surface area contributed by atoms with Gasteiger partial charge in [-0.15, -0.1) is 0 Å². The van der Waals surface area contributed by atoms with Gasteiger partial charge >= 0.3 is 0 Å². The molecule has 0 bridgehead atoms. The zero-order valence-electron chi connectivity index (χ0n) is 16.5. The SMILES string of the molecule is NC1CCN(C(=O)c2cnc(Oc3ccc4c(c3)CCC(c3ccccc3)O4)s2)C1. The molecule has 2 aliphatic heterocycles. The van der Waals surface area contributed by atoms with Gasteiger partial charge in [0.25, 0.3) is 11.1 Å². The minimum Gasteiger partial charge on any atom is -0.485 e. The minimum atomic E-state index is -0.0268. The number of rotatable bonds is 4. The van der Waals surface area contributed by atoms with Crippen molar-refractivity contribution in [1.82, 2.24) is 9.88 Å². The Bertz CT molecular complexity index is 1050. The Morgan fingerprint density at radius 3 is 2.87 bits per heavy atom. The molecule has 6 nitrogen and oxygen atoms in total. The van der Waals surface area contributed by atoms with E-state index in [4.69, 9.17) is 15.2 Å². The number of hydrogen-bond donors (Lipinski definition) is 1. The van der Waals surface area contributed by atoms with Gasteiger partial charge in [-0.25, -0.2) is 4.98 Å². The van der Waals surface area contributed by atoms with E-state index in [9.17, 15) is 4.79 Å². The van der Waals surface area contributed by atoms with Gasteiger partial charge in [0, 0.05) is 19.1 Å². The first-order chi connectivity index (χ1) is 14.7. The Labute approximate surface area is 179 Å². The largest absolute Gasteiger partial charge is 0.485 e. The lowest BCUT2D eigenvalue weighted by Gasteiger charge is -2.26. The van der Waals surface area contributed by atoms with Gasteiger partial charge < -0.3 is 20.1 Å². The molecule has 2 aliphatic rings. The van der Waals surface area contributed by atoms with Crippen LogP contribution in [0.15, 0.2) is 54.7 Å². The average Bonchev–Trinajstić information content (AvgIpc) is 3.43. The summed E-state index contributed by atoms with van der Waals surface area (Å²) in [6, 6.07) is 16.2. The van der Waals surface area contributed by atoms with Crippen LogP contribution in [0.3, 0.4) is 0 Å². The lowest BCUT2D eigenvalue weighted by Crippen LogP contribution is -2.31. The molecule has 7 heteroatoms. The van der Waals surface area contributed by atoms with Crippen LogP contribution < -0.4 is 15.2 Å². The molecule has 3 heterocycles. The van der Waals surface area contributed by atoms with Crippen LogP contribution in [0.4, 0.5) is 0 Å². The van der Waals surface area contributed by atoms with Crippen molar-refractivity contribution in [1.29, 1.82) is 0 Å². The molecule has 1 amide bonds. The zero-order chi connectivity index (χ0) is 20.5. The Hall–Kier alpha value is -2.90. The van der Waals surface area contributed by atoms with E-state index < -0.39 is 0 Å². The second-order valence-electron chi connectivity index (χ2n) is 7.72. The van der Waals surface area contributed by atoms with Gasteiger partial charge in [-0.1, -0.05) is 41.7 Å². The van der Waals surface area contributed by atoms with Crippen LogP contribution in [0.5, 0.6) is 16.7 Å². The van der Waals surface area contributed by atoms with E-state index in [1.165, 1.54) is 16.9 Å². The minimum absolute atomic E-state index is 0.0268. The Balaban J connectivity index is 1.26. The van der Waals surface area contributed by atoms with Gasteiger partial charge in [0.05, 0.1) is 6.20 Å². The molecule has 30 heavy (non-hydrogen) atoms. The first-order valence-corrected chi connectivity index (χ1v) is 11.0. The molecule has 1 aromatic heterocycles. The third-order valence-electron chi connectivity index (χ3n) is 5.56. The number of benzene rings is 2. The van der Waals surface area contributed by atoms with Gasteiger partial charge in [-0.3, -0.25) is 4.79 Å². The van der Waals surface area contributed by atoms with E-state index in [2.05, 4.69) is 17.1 Å². The molecular weight excluding hydrogens is 398 g/mol. The van der Waals surface area contributed by atoms with Gasteiger partial charge in [0.2, 0.25) is 0 Å². The third-order valence-corrected chi connectivity index (χ3v) is 6.42. The highest BCUT2D eigenvalue weighted by atomic mass is 32.1. The van der Waals surface area contributed by atoms with Crippen molar-refractivity contribution >= 4 is 17.2 Å². The van der Waals surface area contributed by atoms with Gasteiger partial charge in [0.15, 0.2) is 0 Å². The summed E-state index contributed by atoms with van der Waals surface area (Å²) in [7, 11) is 0. The van der Waals surface area contributed by atoms with Gasteiger partial charge in [0.1, 0.15) is 22.5 Å². The highest BCUT2D eigenvalue weighted by Gasteiger charge is 2.26. The molecule has 2 N–H and O–H groups in total. The van der Waals surface area contributed by atoms with Crippen molar-refractivity contribution in [2.45, 2.75) is 31.4 Å². The summed E-state index contributed by atoms with van der Waals surface area (Å²) in [5.74, 6) is 1.57. The van der Waals surface area contributed by atoms with Crippen molar-refractivity contribution in [2.24, 2.45) is 5.73 Å². The van der Waals surface area contributed by atoms with Crippen LogP contribution in [0.2, 0.25) is 0 Å². The predicted octanol–water partition coefficient (Wildman–Crippen LogP) is 4.17. The topological polar surface area (TPSA) is 77.7 Å². The number of aromatic nitrogens is 1. The molecular formula is C23H23N3O3S. The molecule has 5 rings (SSSR count). The van der Waals surface area contributed by atoms with E-state index in [1.807, 2.05) is 36.4 Å². The summed E-state index contributed by atoms with van der Waals surface area (Å²) < 4.78 is 12.1. The number of likely N-dealkylation sites (tertiary alicyclic amines) is 1. The van der Waals surface area contributed by atoms with Crippen molar-refractivity contribution in [3.8, 4) is 16.7 Å². The molecule has 154 valence electrons. The van der Waals surface area contributed by atoms with E-state index in [1.54, 1.807) is 11.1 Å². The highest BCUT2D eigenvalue weighted by Crippen LogP contribution is 2.38. The van der Waals surface area contributed by atoms with Crippen molar-refractivity contribution in [2.75, 3.05) is 13.1 Å². The predicted molar refractivity (Wildman–Crippen MR) is 115 cm³/mol. The maximum absolute atomic E-state index is 12.6. The number of nitrogens with two attached hydrogens (primary N) is 1. The molecule has 1 fully saturated rings. The highest BCUT2D eigenvalue weighted by molar-refractivity contribution is 7.15. The molecule has 3 aromatic rings. The molecule has 0 radical (unpaired) electrons. The number of amides is 1. The molecule has 2 aromatic carbocycles. The normalized spacial score (nSPS) is 20.5. The number of thiazole rings is 1. The maximum Gasteiger partial charge on any atom is 0.279 e. The lowest BCUT2D eigenvalue weighted by molar-refractivity contribution is 0.0795. The van der Waals surface area contributed by atoms with Crippen LogP contribution in [0.25, 0.3) is 0 Å². The summed E-state index contributed by atoms with van der Waals surface area (Å²) in [5, 5.41) is 0.459.